The van der Waals surface area contributed by atoms with E-state index in [1.54, 1.807) is 18.2 Å². The Kier molecular flexibility index (Phi) is 7.82. The first-order valence-corrected chi connectivity index (χ1v) is 7.71. The molecule has 0 aliphatic heterocycles. The van der Waals surface area contributed by atoms with Gasteiger partial charge in [-0.2, -0.15) is 0 Å². The van der Waals surface area contributed by atoms with Gasteiger partial charge in [0.25, 0.3) is 0 Å². The molecule has 1 aliphatic rings. The largest absolute Gasteiger partial charge is 0.399 e. The number of benzene rings is 2. The zero-order valence-electron chi connectivity index (χ0n) is 14.0. The summed E-state index contributed by atoms with van der Waals surface area (Å²) in [4.78, 5) is 0. The molecule has 118 valence electrons. The van der Waals surface area contributed by atoms with Gasteiger partial charge in [-0.25, -0.2) is 0 Å². The fourth-order valence-corrected chi connectivity index (χ4v) is 1.78. The molecule has 1 aliphatic carbocycles. The van der Waals surface area contributed by atoms with Crippen molar-refractivity contribution in [2.24, 2.45) is 5.73 Å². The summed E-state index contributed by atoms with van der Waals surface area (Å²) >= 11 is 0. The maximum atomic E-state index is 5.63. The highest BCUT2D eigenvalue weighted by Gasteiger charge is 1.95. The van der Waals surface area contributed by atoms with E-state index in [0.29, 0.717) is 0 Å². The van der Waals surface area contributed by atoms with Crippen molar-refractivity contribution in [3.05, 3.63) is 89.5 Å². The van der Waals surface area contributed by atoms with Gasteiger partial charge in [0.05, 0.1) is 0 Å². The second kappa shape index (κ2) is 9.92. The Morgan fingerprint density at radius 2 is 1.26 bits per heavy atom. The predicted molar refractivity (Wildman–Crippen MR) is 101 cm³/mol. The lowest BCUT2D eigenvalue weighted by atomic mass is 10.0. The Labute approximate surface area is 139 Å². The zero-order valence-corrected chi connectivity index (χ0v) is 14.0. The molecule has 0 aromatic heterocycles. The summed E-state index contributed by atoms with van der Waals surface area (Å²) in [7, 11) is 0. The lowest BCUT2D eigenvalue weighted by molar-refractivity contribution is 1.42. The average molecular weight is 304 g/mol. The molecule has 3 rings (SSSR count). The van der Waals surface area contributed by atoms with E-state index in [0.717, 1.165) is 11.4 Å². The smallest absolute Gasteiger partial charge is 0.0405 e. The van der Waals surface area contributed by atoms with Crippen LogP contribution in [-0.4, -0.2) is 0 Å². The number of allylic oxidation sites excluding steroid dienone is 3. The molecule has 0 spiro atoms. The third-order valence-electron chi connectivity index (χ3n) is 2.98. The Hall–Kier alpha value is -2.92. The van der Waals surface area contributed by atoms with E-state index in [2.05, 4.69) is 42.7 Å². The maximum Gasteiger partial charge on any atom is 0.0405 e. The van der Waals surface area contributed by atoms with Crippen LogP contribution in [0.5, 0.6) is 0 Å². The van der Waals surface area contributed by atoms with Crippen LogP contribution >= 0.6 is 0 Å². The second-order valence-electron chi connectivity index (χ2n) is 4.75. The molecule has 0 heterocycles. The Morgan fingerprint density at radius 1 is 0.739 bits per heavy atom. The SMILES string of the molecule is CC.Cc1ccc(-c2ccc(N)cc2)cc1.NC1=CC=C=C=C1. The van der Waals surface area contributed by atoms with Gasteiger partial charge in [0.2, 0.25) is 0 Å². The first-order chi connectivity index (χ1) is 11.1. The van der Waals surface area contributed by atoms with E-state index in [1.807, 2.05) is 38.1 Å². The van der Waals surface area contributed by atoms with Crippen molar-refractivity contribution in [3.8, 4) is 11.1 Å². The van der Waals surface area contributed by atoms with Gasteiger partial charge in [0, 0.05) is 17.5 Å². The van der Waals surface area contributed by atoms with Crippen LogP contribution in [0.1, 0.15) is 19.4 Å². The Morgan fingerprint density at radius 3 is 1.65 bits per heavy atom. The van der Waals surface area contributed by atoms with Crippen molar-refractivity contribution in [2.45, 2.75) is 20.8 Å². The van der Waals surface area contributed by atoms with Crippen molar-refractivity contribution >= 4 is 5.69 Å². The number of hydrogen-bond acceptors (Lipinski definition) is 2. The van der Waals surface area contributed by atoms with Crippen LogP contribution in [0.4, 0.5) is 5.69 Å². The van der Waals surface area contributed by atoms with Gasteiger partial charge in [0.15, 0.2) is 0 Å². The first kappa shape index (κ1) is 18.1. The number of nitrogen functional groups attached to an aromatic ring is 1. The number of aryl methyl sites for hydroxylation is 1. The monoisotopic (exact) mass is 304 g/mol. The molecule has 0 atom stereocenters. The molecule has 2 nitrogen and oxygen atoms in total. The molecule has 0 fully saturated rings. The van der Waals surface area contributed by atoms with Crippen LogP contribution < -0.4 is 11.5 Å². The van der Waals surface area contributed by atoms with Gasteiger partial charge in [-0.1, -0.05) is 67.3 Å². The van der Waals surface area contributed by atoms with Gasteiger partial charge in [-0.3, -0.25) is 0 Å². The first-order valence-electron chi connectivity index (χ1n) is 7.71. The summed E-state index contributed by atoms with van der Waals surface area (Å²) in [5, 5.41) is 0. The standard InChI is InChI=1S/C13H13N.C6H5N.C2H6/c1-10-2-4-11(5-3-10)12-6-8-13(14)9-7-12;7-6-4-2-1-3-5-6;1-2/h2-9H,14H2,1H3;2,4-5H,7H2;1-2H3. The van der Waals surface area contributed by atoms with Gasteiger partial charge in [0.1, 0.15) is 0 Å². The topological polar surface area (TPSA) is 52.0 Å². The minimum Gasteiger partial charge on any atom is -0.399 e. The quantitative estimate of drug-likeness (QED) is 0.576. The molecule has 0 saturated carbocycles. The highest BCUT2D eigenvalue weighted by atomic mass is 14.5. The third-order valence-corrected chi connectivity index (χ3v) is 2.98. The van der Waals surface area contributed by atoms with Crippen LogP contribution in [0.25, 0.3) is 11.1 Å². The van der Waals surface area contributed by atoms with Crippen LogP contribution in [-0.2, 0) is 0 Å². The number of anilines is 1. The molecule has 23 heavy (non-hydrogen) atoms. The highest BCUT2D eigenvalue weighted by Crippen LogP contribution is 2.20. The second-order valence-corrected chi connectivity index (χ2v) is 4.75. The van der Waals surface area contributed by atoms with Crippen LogP contribution in [0, 0.1) is 6.92 Å². The van der Waals surface area contributed by atoms with E-state index < -0.39 is 0 Å². The normalized spacial score (nSPS) is 10.8. The fourth-order valence-electron chi connectivity index (χ4n) is 1.78. The van der Waals surface area contributed by atoms with Gasteiger partial charge in [-0.15, -0.1) is 0 Å². The van der Waals surface area contributed by atoms with Crippen LogP contribution in [0.15, 0.2) is 83.9 Å². The van der Waals surface area contributed by atoms with Crippen molar-refractivity contribution < 1.29 is 0 Å². The average Bonchev–Trinajstić information content (AvgIpc) is 2.60. The van der Waals surface area contributed by atoms with Crippen molar-refractivity contribution in [2.75, 3.05) is 5.73 Å². The van der Waals surface area contributed by atoms with Gasteiger partial charge in [-0.05, 0) is 42.3 Å². The fraction of sp³-hybridized carbons (Fsp3) is 0.143. The van der Waals surface area contributed by atoms with E-state index in [1.165, 1.54) is 16.7 Å². The Bertz CT molecular complexity index is 679. The van der Waals surface area contributed by atoms with Crippen LogP contribution in [0.3, 0.4) is 0 Å². The summed E-state index contributed by atoms with van der Waals surface area (Å²) in [5.74, 6) is 0. The Balaban J connectivity index is 0.000000247. The predicted octanol–water partition coefficient (Wildman–Crippen LogP) is 4.98. The summed E-state index contributed by atoms with van der Waals surface area (Å²) in [5.41, 5.74) is 21.6. The highest BCUT2D eigenvalue weighted by molar-refractivity contribution is 5.65. The maximum absolute atomic E-state index is 5.63. The van der Waals surface area contributed by atoms with Crippen molar-refractivity contribution in [1.82, 2.24) is 0 Å². The van der Waals surface area contributed by atoms with E-state index in [-0.39, 0.29) is 0 Å². The number of hydrogen-bond donors (Lipinski definition) is 2. The molecule has 4 N–H and O–H groups in total. The molecule has 0 amide bonds. The van der Waals surface area contributed by atoms with E-state index in [4.69, 9.17) is 11.5 Å². The summed E-state index contributed by atoms with van der Waals surface area (Å²) in [6, 6.07) is 16.4. The molecule has 0 radical (unpaired) electrons. The molecule has 2 heteroatoms. The number of nitrogens with two attached hydrogens (primary N) is 2. The van der Waals surface area contributed by atoms with Gasteiger partial charge < -0.3 is 11.5 Å². The molecule has 0 bridgehead atoms. The lowest BCUT2D eigenvalue weighted by Crippen LogP contribution is -1.90. The van der Waals surface area contributed by atoms with Crippen molar-refractivity contribution in [1.29, 1.82) is 0 Å². The lowest BCUT2D eigenvalue weighted by Gasteiger charge is -2.02. The van der Waals surface area contributed by atoms with Gasteiger partial charge >= 0.3 is 0 Å². The van der Waals surface area contributed by atoms with Crippen LogP contribution in [0.2, 0.25) is 0 Å². The zero-order chi connectivity index (χ0) is 17.1. The minimum atomic E-state index is 0.735. The molecule has 2 aromatic rings. The minimum absolute atomic E-state index is 0.735. The number of rotatable bonds is 1. The van der Waals surface area contributed by atoms with E-state index in [9.17, 15) is 0 Å². The van der Waals surface area contributed by atoms with Crippen molar-refractivity contribution in [3.63, 3.8) is 0 Å². The third kappa shape index (κ3) is 6.58. The summed E-state index contributed by atoms with van der Waals surface area (Å²) < 4.78 is 0. The molecular formula is C21H24N2. The molecular weight excluding hydrogens is 280 g/mol. The van der Waals surface area contributed by atoms with E-state index >= 15 is 0 Å². The summed E-state index contributed by atoms with van der Waals surface area (Å²) in [6.45, 7) is 6.09. The molecule has 0 unspecified atom stereocenters. The molecule has 2 aromatic carbocycles. The molecule has 0 saturated heterocycles. The summed E-state index contributed by atoms with van der Waals surface area (Å²) in [6.07, 6.45) is 5.19.